The van der Waals surface area contributed by atoms with Gasteiger partial charge in [0.15, 0.2) is 11.5 Å². The molecule has 1 N–H and O–H groups in total. The topological polar surface area (TPSA) is 86.8 Å². The lowest BCUT2D eigenvalue weighted by Crippen LogP contribution is -2.39. The third kappa shape index (κ3) is 2.28. The van der Waals surface area contributed by atoms with Crippen LogP contribution >= 0.6 is 11.6 Å². The molecule has 0 bridgehead atoms. The predicted octanol–water partition coefficient (Wildman–Crippen LogP) is 1.35. The van der Waals surface area contributed by atoms with Crippen LogP contribution in [0.1, 0.15) is 11.1 Å². The molecule has 1 unspecified atom stereocenters. The smallest absolute Gasteiger partial charge is 0.273 e. The number of methoxy groups -OCH3 is 1. The van der Waals surface area contributed by atoms with Crippen LogP contribution in [-0.4, -0.2) is 30.1 Å². The molecule has 2 aliphatic heterocycles. The van der Waals surface area contributed by atoms with E-state index in [-0.39, 0.29) is 11.6 Å². The zero-order chi connectivity index (χ0) is 15.0. The van der Waals surface area contributed by atoms with E-state index in [2.05, 4.69) is 15.3 Å². The van der Waals surface area contributed by atoms with E-state index in [1.807, 2.05) is 6.07 Å². The minimum absolute atomic E-state index is 0.230. The Morgan fingerprint density at radius 2 is 2.24 bits per heavy atom. The number of nitrogens with zero attached hydrogens (tertiary/aromatic N) is 3. The Bertz CT molecular complexity index is 774. The van der Waals surface area contributed by atoms with Crippen molar-refractivity contribution in [3.63, 3.8) is 0 Å². The number of nitriles is 1. The second kappa shape index (κ2) is 5.04. The van der Waals surface area contributed by atoms with Crippen molar-refractivity contribution in [1.29, 1.82) is 5.26 Å². The molecule has 0 fully saturated rings. The van der Waals surface area contributed by atoms with Gasteiger partial charge in [-0.05, 0) is 24.3 Å². The number of amidine groups is 1. The summed E-state index contributed by atoms with van der Waals surface area (Å²) in [5.74, 6) is 0.469. The lowest BCUT2D eigenvalue weighted by atomic mass is 10.1. The Hall–Kier alpha value is -2.65. The van der Waals surface area contributed by atoms with Gasteiger partial charge in [-0.1, -0.05) is 11.6 Å². The lowest BCUT2D eigenvalue weighted by Gasteiger charge is -2.13. The standard InChI is InChI=1S/C14H9ClN4O2/c1-21-10-4-7(6-16)2-3-8(10)13-17-9-5-11(15)18-14(20)12(9)19-13/h2-5,11H,1H3,(H,18,20). The van der Waals surface area contributed by atoms with Crippen LogP contribution in [0.2, 0.25) is 0 Å². The van der Waals surface area contributed by atoms with E-state index < -0.39 is 5.50 Å². The molecule has 21 heavy (non-hydrogen) atoms. The van der Waals surface area contributed by atoms with Crippen molar-refractivity contribution in [1.82, 2.24) is 5.32 Å². The van der Waals surface area contributed by atoms with Gasteiger partial charge in [-0.3, -0.25) is 4.79 Å². The van der Waals surface area contributed by atoms with E-state index in [4.69, 9.17) is 21.6 Å². The highest BCUT2D eigenvalue weighted by atomic mass is 35.5. The van der Waals surface area contributed by atoms with E-state index >= 15 is 0 Å². The number of rotatable bonds is 2. The van der Waals surface area contributed by atoms with Crippen LogP contribution < -0.4 is 10.1 Å². The number of fused-ring (bicyclic) bond motifs is 1. The van der Waals surface area contributed by atoms with Crippen molar-refractivity contribution in [2.45, 2.75) is 5.50 Å². The molecule has 0 saturated carbocycles. The Labute approximate surface area is 125 Å². The first kappa shape index (κ1) is 13.3. The number of ether oxygens (including phenoxy) is 1. The number of hydrogen-bond acceptors (Lipinski definition) is 5. The summed E-state index contributed by atoms with van der Waals surface area (Å²) in [5, 5.41) is 11.4. The van der Waals surface area contributed by atoms with Crippen LogP contribution in [0.25, 0.3) is 0 Å². The summed E-state index contributed by atoms with van der Waals surface area (Å²) in [5.41, 5.74) is 1.15. The summed E-state index contributed by atoms with van der Waals surface area (Å²) in [6.45, 7) is 0. The number of carbonyl (C=O) groups excluding carboxylic acids is 1. The average molecular weight is 301 g/mol. The fraction of sp³-hybridized carbons (Fsp3) is 0.143. The Morgan fingerprint density at radius 3 is 2.95 bits per heavy atom. The van der Waals surface area contributed by atoms with Crippen LogP contribution in [-0.2, 0) is 4.79 Å². The Morgan fingerprint density at radius 1 is 1.43 bits per heavy atom. The molecule has 3 rings (SSSR count). The van der Waals surface area contributed by atoms with E-state index in [1.54, 1.807) is 24.3 Å². The molecule has 0 saturated heterocycles. The lowest BCUT2D eigenvalue weighted by molar-refractivity contribution is -0.114. The molecule has 2 heterocycles. The molecule has 0 aromatic heterocycles. The number of amides is 1. The number of nitrogens with one attached hydrogen (secondary N) is 1. The maximum absolute atomic E-state index is 11.8. The van der Waals surface area contributed by atoms with E-state index in [0.717, 1.165) is 0 Å². The fourth-order valence-electron chi connectivity index (χ4n) is 2.08. The molecular formula is C14H9ClN4O2. The average Bonchev–Trinajstić information content (AvgIpc) is 2.90. The van der Waals surface area contributed by atoms with Crippen LogP contribution in [0.3, 0.4) is 0 Å². The minimum Gasteiger partial charge on any atom is -0.496 e. The summed E-state index contributed by atoms with van der Waals surface area (Å²) < 4.78 is 5.25. The normalized spacial score (nSPS) is 19.8. The quantitative estimate of drug-likeness (QED) is 0.660. The first-order valence-corrected chi connectivity index (χ1v) is 6.49. The van der Waals surface area contributed by atoms with Gasteiger partial charge in [0, 0.05) is 0 Å². The largest absolute Gasteiger partial charge is 0.496 e. The van der Waals surface area contributed by atoms with Gasteiger partial charge < -0.3 is 10.1 Å². The number of halogens is 1. The first-order chi connectivity index (χ1) is 10.1. The highest BCUT2D eigenvalue weighted by molar-refractivity contribution is 6.50. The van der Waals surface area contributed by atoms with Gasteiger partial charge in [-0.15, -0.1) is 0 Å². The van der Waals surface area contributed by atoms with Crippen molar-refractivity contribution < 1.29 is 9.53 Å². The van der Waals surface area contributed by atoms with Crippen molar-refractivity contribution in [2.75, 3.05) is 7.11 Å². The SMILES string of the molecule is COc1cc(C#N)ccc1C1=NC2=CC(Cl)NC(=O)C2=N1. The predicted molar refractivity (Wildman–Crippen MR) is 77.5 cm³/mol. The molecule has 2 aliphatic rings. The van der Waals surface area contributed by atoms with Crippen molar-refractivity contribution in [3.05, 3.63) is 41.1 Å². The molecule has 0 radical (unpaired) electrons. The van der Waals surface area contributed by atoms with E-state index in [0.29, 0.717) is 28.4 Å². The molecule has 1 aromatic carbocycles. The first-order valence-electron chi connectivity index (χ1n) is 6.05. The van der Waals surface area contributed by atoms with Gasteiger partial charge in [-0.2, -0.15) is 5.26 Å². The van der Waals surface area contributed by atoms with Crippen LogP contribution in [0, 0.1) is 11.3 Å². The Kier molecular flexibility index (Phi) is 3.20. The number of hydrogen-bond donors (Lipinski definition) is 1. The molecule has 7 heteroatoms. The van der Waals surface area contributed by atoms with E-state index in [1.165, 1.54) is 7.11 Å². The second-order valence-corrected chi connectivity index (χ2v) is 4.82. The molecule has 0 spiro atoms. The molecule has 1 aromatic rings. The highest BCUT2D eigenvalue weighted by Crippen LogP contribution is 2.26. The number of benzene rings is 1. The van der Waals surface area contributed by atoms with E-state index in [9.17, 15) is 4.79 Å². The molecular weight excluding hydrogens is 292 g/mol. The summed E-state index contributed by atoms with van der Waals surface area (Å²) in [6.07, 6.45) is 1.62. The number of aliphatic imine (C=N–C) groups is 2. The highest BCUT2D eigenvalue weighted by Gasteiger charge is 2.30. The zero-order valence-corrected chi connectivity index (χ0v) is 11.7. The zero-order valence-electron chi connectivity index (χ0n) is 10.9. The van der Waals surface area contributed by atoms with Crippen LogP contribution in [0.15, 0.2) is 40.0 Å². The molecule has 6 nitrogen and oxygen atoms in total. The molecule has 1 amide bonds. The third-order valence-electron chi connectivity index (χ3n) is 3.05. The maximum Gasteiger partial charge on any atom is 0.273 e. The second-order valence-electron chi connectivity index (χ2n) is 4.35. The van der Waals surface area contributed by atoms with Gasteiger partial charge in [0.05, 0.1) is 30.0 Å². The summed E-state index contributed by atoms with van der Waals surface area (Å²) in [7, 11) is 1.50. The summed E-state index contributed by atoms with van der Waals surface area (Å²) in [6, 6.07) is 6.96. The minimum atomic E-state index is -0.600. The van der Waals surface area contributed by atoms with Gasteiger partial charge in [0.25, 0.3) is 5.91 Å². The van der Waals surface area contributed by atoms with Gasteiger partial charge >= 0.3 is 0 Å². The summed E-state index contributed by atoms with van der Waals surface area (Å²) >= 11 is 5.88. The van der Waals surface area contributed by atoms with Gasteiger partial charge in [0.1, 0.15) is 11.3 Å². The third-order valence-corrected chi connectivity index (χ3v) is 3.28. The number of carbonyl (C=O) groups is 1. The fourth-order valence-corrected chi connectivity index (χ4v) is 2.30. The maximum atomic E-state index is 11.8. The van der Waals surface area contributed by atoms with Crippen molar-refractivity contribution in [2.24, 2.45) is 9.98 Å². The monoisotopic (exact) mass is 300 g/mol. The Balaban J connectivity index is 2.08. The van der Waals surface area contributed by atoms with Crippen LogP contribution in [0.5, 0.6) is 5.75 Å². The van der Waals surface area contributed by atoms with Crippen molar-refractivity contribution >= 4 is 29.1 Å². The number of alkyl halides is 1. The van der Waals surface area contributed by atoms with Gasteiger partial charge in [0.2, 0.25) is 0 Å². The summed E-state index contributed by atoms with van der Waals surface area (Å²) in [4.78, 5) is 20.3. The van der Waals surface area contributed by atoms with Gasteiger partial charge in [-0.25, -0.2) is 9.98 Å². The molecule has 0 aliphatic carbocycles. The molecule has 104 valence electrons. The van der Waals surface area contributed by atoms with Crippen LogP contribution in [0.4, 0.5) is 0 Å². The van der Waals surface area contributed by atoms with Crippen molar-refractivity contribution in [3.8, 4) is 11.8 Å². The molecule has 1 atom stereocenters.